The van der Waals surface area contributed by atoms with Gasteiger partial charge in [-0.15, -0.1) is 0 Å². The molecule has 6 nitrogen and oxygen atoms in total. The quantitative estimate of drug-likeness (QED) is 0.904. The first-order chi connectivity index (χ1) is 11.2. The van der Waals surface area contributed by atoms with Crippen LogP contribution < -0.4 is 5.14 Å². The zero-order chi connectivity index (χ0) is 17.6. The predicted octanol–water partition coefficient (Wildman–Crippen LogP) is 1.38. The SMILES string of the molecule is Cc1c(C(=O)N2CC[C@@H](CS(N)(=O)=O)C2)n(C)c2ccc(F)cc12. The highest BCUT2D eigenvalue weighted by Gasteiger charge is 2.31. The molecule has 2 N–H and O–H groups in total. The molecule has 1 aliphatic rings. The molecule has 0 bridgehead atoms. The molecule has 0 radical (unpaired) electrons. The number of halogens is 1. The molecule has 24 heavy (non-hydrogen) atoms. The van der Waals surface area contributed by atoms with Crippen LogP contribution in [0.2, 0.25) is 0 Å². The zero-order valence-electron chi connectivity index (χ0n) is 13.6. The third-order valence-electron chi connectivity index (χ3n) is 4.66. The van der Waals surface area contributed by atoms with Gasteiger partial charge >= 0.3 is 0 Å². The van der Waals surface area contributed by atoms with Gasteiger partial charge in [-0.3, -0.25) is 4.79 Å². The van der Waals surface area contributed by atoms with Crippen LogP contribution in [0.5, 0.6) is 0 Å². The van der Waals surface area contributed by atoms with E-state index in [0.717, 1.165) is 11.1 Å². The topological polar surface area (TPSA) is 85.4 Å². The van der Waals surface area contributed by atoms with Crippen molar-refractivity contribution in [2.45, 2.75) is 13.3 Å². The number of hydrogen-bond donors (Lipinski definition) is 1. The fourth-order valence-electron chi connectivity index (χ4n) is 3.54. The van der Waals surface area contributed by atoms with Gasteiger partial charge in [-0.2, -0.15) is 0 Å². The van der Waals surface area contributed by atoms with Gasteiger partial charge in [0.1, 0.15) is 11.5 Å². The summed E-state index contributed by atoms with van der Waals surface area (Å²) in [5.74, 6) is -0.764. The van der Waals surface area contributed by atoms with E-state index in [4.69, 9.17) is 5.14 Å². The van der Waals surface area contributed by atoms with Crippen molar-refractivity contribution in [3.8, 4) is 0 Å². The van der Waals surface area contributed by atoms with Crippen LogP contribution in [0.3, 0.4) is 0 Å². The number of nitrogens with zero attached hydrogens (tertiary/aromatic N) is 2. The van der Waals surface area contributed by atoms with Gasteiger partial charge in [-0.05, 0) is 43.0 Å². The Hall–Kier alpha value is -1.93. The third kappa shape index (κ3) is 3.03. The van der Waals surface area contributed by atoms with E-state index in [-0.39, 0.29) is 23.4 Å². The lowest BCUT2D eigenvalue weighted by atomic mass is 10.1. The molecule has 1 amide bonds. The van der Waals surface area contributed by atoms with E-state index in [9.17, 15) is 17.6 Å². The van der Waals surface area contributed by atoms with E-state index in [1.165, 1.54) is 12.1 Å². The number of primary sulfonamides is 1. The molecule has 1 fully saturated rings. The number of carbonyl (C=O) groups excluding carboxylic acids is 1. The fourth-order valence-corrected chi connectivity index (χ4v) is 4.47. The molecule has 130 valence electrons. The Bertz CT molecular complexity index is 920. The van der Waals surface area contributed by atoms with Crippen molar-refractivity contribution in [2.24, 2.45) is 18.1 Å². The first-order valence-corrected chi connectivity index (χ1v) is 9.43. The summed E-state index contributed by atoms with van der Waals surface area (Å²) in [7, 11) is -1.77. The van der Waals surface area contributed by atoms with Gasteiger partial charge in [0.2, 0.25) is 10.0 Å². The summed E-state index contributed by atoms with van der Waals surface area (Å²) in [6.45, 7) is 2.66. The summed E-state index contributed by atoms with van der Waals surface area (Å²) >= 11 is 0. The largest absolute Gasteiger partial charge is 0.339 e. The van der Waals surface area contributed by atoms with Gasteiger partial charge in [-0.25, -0.2) is 17.9 Å². The van der Waals surface area contributed by atoms with Gasteiger partial charge in [0, 0.05) is 31.0 Å². The zero-order valence-corrected chi connectivity index (χ0v) is 14.4. The van der Waals surface area contributed by atoms with Crippen LogP contribution in [0, 0.1) is 18.7 Å². The molecule has 0 unspecified atom stereocenters. The molecule has 8 heteroatoms. The second-order valence-corrected chi connectivity index (χ2v) is 8.09. The van der Waals surface area contributed by atoms with Crippen LogP contribution in [0.15, 0.2) is 18.2 Å². The number of sulfonamides is 1. The fraction of sp³-hybridized carbons (Fsp3) is 0.438. The number of benzene rings is 1. The standard InChI is InChI=1S/C16H20FN3O3S/c1-10-13-7-12(17)3-4-14(13)19(2)15(10)16(21)20-6-5-11(8-20)9-24(18,22)23/h3-4,7,11H,5-6,8-9H2,1-2H3,(H2,18,22,23)/t11-/m1/s1. The molecular weight excluding hydrogens is 333 g/mol. The summed E-state index contributed by atoms with van der Waals surface area (Å²) in [5.41, 5.74) is 2.02. The molecule has 2 heterocycles. The molecule has 1 aliphatic heterocycles. The van der Waals surface area contributed by atoms with Crippen molar-refractivity contribution in [1.29, 1.82) is 0 Å². The summed E-state index contributed by atoms with van der Waals surface area (Å²) in [6, 6.07) is 4.45. The van der Waals surface area contributed by atoms with Crippen molar-refractivity contribution in [3.63, 3.8) is 0 Å². The van der Waals surface area contributed by atoms with Crippen molar-refractivity contribution in [1.82, 2.24) is 9.47 Å². The molecular formula is C16H20FN3O3S. The third-order valence-corrected chi connectivity index (χ3v) is 5.59. The Labute approximate surface area is 140 Å². The Morgan fingerprint density at radius 2 is 2.12 bits per heavy atom. The summed E-state index contributed by atoms with van der Waals surface area (Å²) < 4.78 is 37.7. The van der Waals surface area contributed by atoms with E-state index >= 15 is 0 Å². The molecule has 1 aromatic carbocycles. The minimum atomic E-state index is -3.55. The molecule has 0 aliphatic carbocycles. The maximum atomic E-state index is 13.5. The Morgan fingerprint density at radius 3 is 2.79 bits per heavy atom. The second-order valence-electron chi connectivity index (χ2n) is 6.43. The van der Waals surface area contributed by atoms with Gasteiger partial charge < -0.3 is 9.47 Å². The number of amides is 1. The van der Waals surface area contributed by atoms with Crippen LogP contribution in [-0.2, 0) is 17.1 Å². The smallest absolute Gasteiger partial charge is 0.270 e. The molecule has 0 saturated carbocycles. The second kappa shape index (κ2) is 5.86. The summed E-state index contributed by atoms with van der Waals surface area (Å²) in [5, 5.41) is 5.80. The summed E-state index contributed by atoms with van der Waals surface area (Å²) in [6.07, 6.45) is 0.611. The Morgan fingerprint density at radius 1 is 1.42 bits per heavy atom. The van der Waals surface area contributed by atoms with Gasteiger partial charge in [-0.1, -0.05) is 0 Å². The first kappa shape index (κ1) is 16.9. The molecule has 1 saturated heterocycles. The monoisotopic (exact) mass is 353 g/mol. The maximum Gasteiger partial charge on any atom is 0.270 e. The number of aromatic nitrogens is 1. The normalized spacial score (nSPS) is 18.5. The van der Waals surface area contributed by atoms with Crippen LogP contribution in [-0.4, -0.2) is 42.6 Å². The van der Waals surface area contributed by atoms with Crippen LogP contribution in [0.4, 0.5) is 4.39 Å². The number of hydrogen-bond acceptors (Lipinski definition) is 3. The van der Waals surface area contributed by atoms with Crippen LogP contribution in [0.25, 0.3) is 10.9 Å². The minimum absolute atomic E-state index is 0.115. The lowest BCUT2D eigenvalue weighted by Gasteiger charge is -2.17. The highest BCUT2D eigenvalue weighted by atomic mass is 32.2. The molecule has 0 spiro atoms. The molecule has 1 aromatic heterocycles. The van der Waals surface area contributed by atoms with E-state index in [1.54, 1.807) is 29.5 Å². The van der Waals surface area contributed by atoms with E-state index < -0.39 is 10.0 Å². The van der Waals surface area contributed by atoms with Crippen molar-refractivity contribution < 1.29 is 17.6 Å². The van der Waals surface area contributed by atoms with Crippen LogP contribution >= 0.6 is 0 Å². The Kier molecular flexibility index (Phi) is 4.13. The maximum absolute atomic E-state index is 13.5. The molecule has 2 aromatic rings. The Balaban J connectivity index is 1.90. The molecule has 3 rings (SSSR count). The highest BCUT2D eigenvalue weighted by molar-refractivity contribution is 7.89. The van der Waals surface area contributed by atoms with Gasteiger partial charge in [0.15, 0.2) is 0 Å². The van der Waals surface area contributed by atoms with Gasteiger partial charge in [0.25, 0.3) is 5.91 Å². The predicted molar refractivity (Wildman–Crippen MR) is 89.6 cm³/mol. The summed E-state index contributed by atoms with van der Waals surface area (Å²) in [4.78, 5) is 14.5. The average Bonchev–Trinajstić information content (AvgIpc) is 3.01. The van der Waals surface area contributed by atoms with Crippen LogP contribution in [0.1, 0.15) is 22.5 Å². The number of likely N-dealkylation sites (tertiary alicyclic amines) is 1. The van der Waals surface area contributed by atoms with Crippen molar-refractivity contribution >= 4 is 26.8 Å². The lowest BCUT2D eigenvalue weighted by molar-refractivity contribution is 0.0778. The average molecular weight is 353 g/mol. The van der Waals surface area contributed by atoms with Crippen molar-refractivity contribution in [3.05, 3.63) is 35.3 Å². The number of fused-ring (bicyclic) bond motifs is 1. The highest BCUT2D eigenvalue weighted by Crippen LogP contribution is 2.28. The van der Waals surface area contributed by atoms with E-state index in [1.807, 2.05) is 0 Å². The lowest BCUT2D eigenvalue weighted by Crippen LogP contribution is -2.32. The van der Waals surface area contributed by atoms with Crippen molar-refractivity contribution in [2.75, 3.05) is 18.8 Å². The number of rotatable bonds is 3. The first-order valence-electron chi connectivity index (χ1n) is 7.71. The number of nitrogens with two attached hydrogens (primary N) is 1. The molecule has 1 atom stereocenters. The number of aryl methyl sites for hydroxylation is 2. The van der Waals surface area contributed by atoms with E-state index in [0.29, 0.717) is 30.6 Å². The van der Waals surface area contributed by atoms with Gasteiger partial charge in [0.05, 0.1) is 5.75 Å². The minimum Gasteiger partial charge on any atom is -0.339 e. The number of carbonyl (C=O) groups is 1. The van der Waals surface area contributed by atoms with E-state index in [2.05, 4.69) is 0 Å².